The van der Waals surface area contributed by atoms with Crippen molar-refractivity contribution in [2.45, 2.75) is 13.3 Å². The molecule has 1 aliphatic heterocycles. The predicted molar refractivity (Wildman–Crippen MR) is 103 cm³/mol. The Morgan fingerprint density at radius 2 is 1.73 bits per heavy atom. The normalized spacial score (nSPS) is 14.3. The van der Waals surface area contributed by atoms with Crippen LogP contribution in [0.15, 0.2) is 42.5 Å². The van der Waals surface area contributed by atoms with E-state index in [-0.39, 0.29) is 5.91 Å². The number of aryl methyl sites for hydroxylation is 1. The third kappa shape index (κ3) is 3.93. The Balaban J connectivity index is 1.64. The maximum absolute atomic E-state index is 12.6. The van der Waals surface area contributed by atoms with Gasteiger partial charge in [0.25, 0.3) is 0 Å². The molecular weight excluding hydrogens is 328 g/mol. The minimum Gasteiger partial charge on any atom is -0.497 e. The monoisotopic (exact) mass is 354 g/mol. The highest BCUT2D eigenvalue weighted by atomic mass is 16.5. The van der Waals surface area contributed by atoms with Gasteiger partial charge in [0.1, 0.15) is 11.5 Å². The van der Waals surface area contributed by atoms with E-state index in [4.69, 9.17) is 9.47 Å². The Bertz CT molecular complexity index is 768. The standard InChI is InChI=1S/C21H26N2O3/c1-16-6-4-5-7-17(16)14-21(24)23-12-10-22(11-13-23)19-15-18(25-2)8-9-20(19)26-3/h4-9,15H,10-14H2,1-3H3. The molecule has 0 spiro atoms. The number of methoxy groups -OCH3 is 2. The van der Waals surface area contributed by atoms with Crippen LogP contribution in [0.3, 0.4) is 0 Å². The quantitative estimate of drug-likeness (QED) is 0.828. The zero-order valence-electron chi connectivity index (χ0n) is 15.7. The fourth-order valence-electron chi connectivity index (χ4n) is 3.32. The van der Waals surface area contributed by atoms with Crippen LogP contribution in [0.25, 0.3) is 0 Å². The summed E-state index contributed by atoms with van der Waals surface area (Å²) < 4.78 is 10.8. The van der Waals surface area contributed by atoms with E-state index < -0.39 is 0 Å². The number of hydrogen-bond acceptors (Lipinski definition) is 4. The number of piperazine rings is 1. The maximum Gasteiger partial charge on any atom is 0.227 e. The zero-order chi connectivity index (χ0) is 18.5. The van der Waals surface area contributed by atoms with Crippen molar-refractivity contribution in [1.29, 1.82) is 0 Å². The first kappa shape index (κ1) is 18.1. The van der Waals surface area contributed by atoms with Gasteiger partial charge in [-0.1, -0.05) is 24.3 Å². The van der Waals surface area contributed by atoms with Crippen molar-refractivity contribution in [3.63, 3.8) is 0 Å². The molecule has 3 rings (SSSR count). The average Bonchev–Trinajstić information content (AvgIpc) is 2.69. The third-order valence-electron chi connectivity index (χ3n) is 4.96. The van der Waals surface area contributed by atoms with E-state index in [0.717, 1.165) is 35.8 Å². The minimum atomic E-state index is 0.191. The van der Waals surface area contributed by atoms with Gasteiger partial charge in [0.05, 0.1) is 26.3 Å². The Labute approximate surface area is 155 Å². The summed E-state index contributed by atoms with van der Waals surface area (Å²) in [4.78, 5) is 16.9. The van der Waals surface area contributed by atoms with Gasteiger partial charge in [-0.15, -0.1) is 0 Å². The molecule has 5 heteroatoms. The van der Waals surface area contributed by atoms with Gasteiger partial charge in [-0.3, -0.25) is 4.79 Å². The molecule has 0 saturated carbocycles. The van der Waals surface area contributed by atoms with Crippen LogP contribution in [0, 0.1) is 6.92 Å². The van der Waals surface area contributed by atoms with E-state index in [0.29, 0.717) is 19.5 Å². The van der Waals surface area contributed by atoms with Crippen molar-refractivity contribution in [3.8, 4) is 11.5 Å². The van der Waals surface area contributed by atoms with Crippen molar-refractivity contribution in [2.24, 2.45) is 0 Å². The molecular formula is C21H26N2O3. The van der Waals surface area contributed by atoms with Crippen molar-refractivity contribution >= 4 is 11.6 Å². The first-order chi connectivity index (χ1) is 12.6. The van der Waals surface area contributed by atoms with Gasteiger partial charge in [0, 0.05) is 32.2 Å². The van der Waals surface area contributed by atoms with Crippen molar-refractivity contribution in [1.82, 2.24) is 4.90 Å². The summed E-state index contributed by atoms with van der Waals surface area (Å²) in [7, 11) is 3.33. The number of ether oxygens (including phenoxy) is 2. The average molecular weight is 354 g/mol. The van der Waals surface area contributed by atoms with Crippen LogP contribution in [-0.4, -0.2) is 51.2 Å². The molecule has 1 saturated heterocycles. The van der Waals surface area contributed by atoms with Gasteiger partial charge in [-0.05, 0) is 30.2 Å². The number of carbonyl (C=O) groups excluding carboxylic acids is 1. The largest absolute Gasteiger partial charge is 0.497 e. The Morgan fingerprint density at radius 1 is 1.00 bits per heavy atom. The number of carbonyl (C=O) groups is 1. The van der Waals surface area contributed by atoms with Gasteiger partial charge in [0.15, 0.2) is 0 Å². The summed E-state index contributed by atoms with van der Waals surface area (Å²) in [6, 6.07) is 13.9. The molecule has 0 N–H and O–H groups in total. The Kier molecular flexibility index (Phi) is 5.66. The number of anilines is 1. The lowest BCUT2D eigenvalue weighted by molar-refractivity contribution is -0.130. The van der Waals surface area contributed by atoms with E-state index in [1.807, 2.05) is 41.3 Å². The molecule has 0 bridgehead atoms. The van der Waals surface area contributed by atoms with Crippen LogP contribution in [0.1, 0.15) is 11.1 Å². The molecule has 1 fully saturated rings. The molecule has 0 atom stereocenters. The van der Waals surface area contributed by atoms with Gasteiger partial charge in [-0.2, -0.15) is 0 Å². The molecule has 2 aromatic carbocycles. The lowest BCUT2D eigenvalue weighted by Gasteiger charge is -2.36. The number of amides is 1. The fraction of sp³-hybridized carbons (Fsp3) is 0.381. The van der Waals surface area contributed by atoms with Crippen LogP contribution < -0.4 is 14.4 Å². The van der Waals surface area contributed by atoms with Crippen LogP contribution >= 0.6 is 0 Å². The second-order valence-electron chi connectivity index (χ2n) is 6.51. The molecule has 0 radical (unpaired) electrons. The summed E-state index contributed by atoms with van der Waals surface area (Å²) in [6.45, 7) is 5.04. The third-order valence-corrected chi connectivity index (χ3v) is 4.96. The van der Waals surface area contributed by atoms with Gasteiger partial charge >= 0.3 is 0 Å². The summed E-state index contributed by atoms with van der Waals surface area (Å²) in [5.41, 5.74) is 3.29. The van der Waals surface area contributed by atoms with Crippen LogP contribution in [0.2, 0.25) is 0 Å². The molecule has 0 aliphatic carbocycles. The number of rotatable bonds is 5. The van der Waals surface area contributed by atoms with E-state index in [2.05, 4.69) is 17.9 Å². The Hall–Kier alpha value is -2.69. The van der Waals surface area contributed by atoms with Crippen molar-refractivity contribution in [3.05, 3.63) is 53.6 Å². The Morgan fingerprint density at radius 3 is 2.38 bits per heavy atom. The van der Waals surface area contributed by atoms with Gasteiger partial charge in [-0.25, -0.2) is 0 Å². The highest BCUT2D eigenvalue weighted by molar-refractivity contribution is 5.79. The molecule has 1 aliphatic rings. The zero-order valence-corrected chi connectivity index (χ0v) is 15.7. The summed E-state index contributed by atoms with van der Waals surface area (Å²) in [5.74, 6) is 1.82. The van der Waals surface area contributed by atoms with Crippen LogP contribution in [0.5, 0.6) is 11.5 Å². The SMILES string of the molecule is COc1ccc(OC)c(N2CCN(C(=O)Cc3ccccc3C)CC2)c1. The molecule has 26 heavy (non-hydrogen) atoms. The molecule has 1 heterocycles. The van der Waals surface area contributed by atoms with Crippen molar-refractivity contribution < 1.29 is 14.3 Å². The van der Waals surface area contributed by atoms with Gasteiger partial charge < -0.3 is 19.3 Å². The second kappa shape index (κ2) is 8.13. The summed E-state index contributed by atoms with van der Waals surface area (Å²) in [5, 5.41) is 0. The lowest BCUT2D eigenvalue weighted by Crippen LogP contribution is -2.49. The van der Waals surface area contributed by atoms with Crippen LogP contribution in [-0.2, 0) is 11.2 Å². The van der Waals surface area contributed by atoms with E-state index >= 15 is 0 Å². The maximum atomic E-state index is 12.6. The first-order valence-corrected chi connectivity index (χ1v) is 8.91. The number of hydrogen-bond donors (Lipinski definition) is 0. The number of benzene rings is 2. The molecule has 138 valence electrons. The summed E-state index contributed by atoms with van der Waals surface area (Å²) >= 11 is 0. The van der Waals surface area contributed by atoms with E-state index in [1.165, 1.54) is 5.56 Å². The molecule has 2 aromatic rings. The number of nitrogens with zero attached hydrogens (tertiary/aromatic N) is 2. The van der Waals surface area contributed by atoms with Crippen molar-refractivity contribution in [2.75, 3.05) is 45.3 Å². The topological polar surface area (TPSA) is 42.0 Å². The highest BCUT2D eigenvalue weighted by Crippen LogP contribution is 2.32. The fourth-order valence-corrected chi connectivity index (χ4v) is 3.32. The van der Waals surface area contributed by atoms with Gasteiger partial charge in [0.2, 0.25) is 5.91 Å². The van der Waals surface area contributed by atoms with E-state index in [9.17, 15) is 4.79 Å². The van der Waals surface area contributed by atoms with Crippen LogP contribution in [0.4, 0.5) is 5.69 Å². The first-order valence-electron chi connectivity index (χ1n) is 8.91. The molecule has 0 aromatic heterocycles. The molecule has 0 unspecified atom stereocenters. The molecule has 5 nitrogen and oxygen atoms in total. The smallest absolute Gasteiger partial charge is 0.227 e. The predicted octanol–water partition coefficient (Wildman–Crippen LogP) is 2.90. The second-order valence-corrected chi connectivity index (χ2v) is 6.51. The minimum absolute atomic E-state index is 0.191. The highest BCUT2D eigenvalue weighted by Gasteiger charge is 2.23. The van der Waals surface area contributed by atoms with E-state index in [1.54, 1.807) is 14.2 Å². The summed E-state index contributed by atoms with van der Waals surface area (Å²) in [6.07, 6.45) is 0.467. The lowest BCUT2D eigenvalue weighted by atomic mass is 10.1. The molecule has 1 amide bonds.